The van der Waals surface area contributed by atoms with Gasteiger partial charge in [0.05, 0.1) is 11.3 Å². The molecule has 1 fully saturated rings. The fourth-order valence-corrected chi connectivity index (χ4v) is 3.05. The third-order valence-corrected chi connectivity index (χ3v) is 4.49. The van der Waals surface area contributed by atoms with Gasteiger partial charge >= 0.3 is 6.18 Å². The number of aryl methyl sites for hydroxylation is 1. The summed E-state index contributed by atoms with van der Waals surface area (Å²) in [5.74, 6) is -0.519. The number of carbonyl (C=O) groups is 1. The molecule has 1 saturated heterocycles. The van der Waals surface area contributed by atoms with Crippen molar-refractivity contribution in [2.24, 2.45) is 0 Å². The van der Waals surface area contributed by atoms with Crippen LogP contribution in [0.15, 0.2) is 35.1 Å². The minimum atomic E-state index is -4.50. The molecule has 3 rings (SSSR count). The number of benzene rings is 1. The van der Waals surface area contributed by atoms with Crippen molar-refractivity contribution in [2.75, 3.05) is 19.6 Å². The lowest BCUT2D eigenvalue weighted by atomic mass is 10.1. The Morgan fingerprint density at radius 1 is 1.29 bits per heavy atom. The van der Waals surface area contributed by atoms with Crippen LogP contribution in [0.5, 0.6) is 0 Å². The normalized spacial score (nSPS) is 17.2. The molecule has 1 aromatic carbocycles. The van der Waals surface area contributed by atoms with Crippen molar-refractivity contribution in [3.8, 4) is 5.69 Å². The summed E-state index contributed by atoms with van der Waals surface area (Å²) >= 11 is 0. The number of piperazine rings is 1. The first kappa shape index (κ1) is 21.9. The minimum Gasteiger partial charge on any atom is -0.332 e. The molecule has 0 spiro atoms. The summed E-state index contributed by atoms with van der Waals surface area (Å²) in [6.45, 7) is 5.03. The van der Waals surface area contributed by atoms with Crippen LogP contribution in [0.4, 0.5) is 13.2 Å². The fourth-order valence-electron chi connectivity index (χ4n) is 3.05. The quantitative estimate of drug-likeness (QED) is 0.816. The molecule has 1 aliphatic heterocycles. The number of aromatic nitrogens is 2. The SMILES string of the molecule is Cc1cc(=O)c(C(=O)N2CCNC[C@@H]2C)nn1-c1cccc(C(F)(F)F)c1.Cl. The first-order chi connectivity index (χ1) is 12.7. The Labute approximate surface area is 165 Å². The van der Waals surface area contributed by atoms with Gasteiger partial charge in [-0.3, -0.25) is 9.59 Å². The summed E-state index contributed by atoms with van der Waals surface area (Å²) in [6, 6.07) is 5.70. The molecule has 6 nitrogen and oxygen atoms in total. The summed E-state index contributed by atoms with van der Waals surface area (Å²) in [5.41, 5.74) is -1.21. The molecule has 0 unspecified atom stereocenters. The predicted octanol–water partition coefficient (Wildman–Crippen LogP) is 2.42. The second-order valence-corrected chi connectivity index (χ2v) is 6.51. The standard InChI is InChI=1S/C18H19F3N4O2.ClH/c1-11-8-15(26)16(17(27)24-7-6-22-10-12(24)2)23-25(11)14-5-3-4-13(9-14)18(19,20)21;/h3-5,8-9,12,22H,6-7,10H2,1-2H3;1H/t12-;/m0./s1. The Balaban J connectivity index is 0.00000280. The van der Waals surface area contributed by atoms with E-state index in [9.17, 15) is 22.8 Å². The lowest BCUT2D eigenvalue weighted by molar-refractivity contribution is -0.137. The van der Waals surface area contributed by atoms with Gasteiger partial charge in [-0.1, -0.05) is 6.07 Å². The van der Waals surface area contributed by atoms with Gasteiger partial charge in [0.15, 0.2) is 5.69 Å². The fraction of sp³-hybridized carbons (Fsp3) is 0.389. The molecule has 10 heteroatoms. The average Bonchev–Trinajstić information content (AvgIpc) is 2.61. The van der Waals surface area contributed by atoms with E-state index in [2.05, 4.69) is 10.4 Å². The number of hydrogen-bond donors (Lipinski definition) is 1. The first-order valence-electron chi connectivity index (χ1n) is 8.49. The molecule has 2 aromatic rings. The van der Waals surface area contributed by atoms with Crippen LogP contribution in [0.3, 0.4) is 0 Å². The molecule has 1 aromatic heterocycles. The lowest BCUT2D eigenvalue weighted by Gasteiger charge is -2.33. The van der Waals surface area contributed by atoms with Crippen molar-refractivity contribution >= 4 is 18.3 Å². The summed E-state index contributed by atoms with van der Waals surface area (Å²) in [4.78, 5) is 26.7. The zero-order valence-electron chi connectivity index (χ0n) is 15.3. The Hall–Kier alpha value is -2.39. The van der Waals surface area contributed by atoms with E-state index >= 15 is 0 Å². The van der Waals surface area contributed by atoms with Crippen LogP contribution in [0.1, 0.15) is 28.7 Å². The number of amides is 1. The summed E-state index contributed by atoms with van der Waals surface area (Å²) in [5, 5.41) is 7.25. The van der Waals surface area contributed by atoms with Crippen LogP contribution < -0.4 is 10.7 Å². The van der Waals surface area contributed by atoms with Gasteiger partial charge in [-0.2, -0.15) is 18.3 Å². The highest BCUT2D eigenvalue weighted by molar-refractivity contribution is 5.92. The van der Waals surface area contributed by atoms with Crippen LogP contribution >= 0.6 is 12.4 Å². The average molecular weight is 417 g/mol. The Morgan fingerprint density at radius 3 is 2.64 bits per heavy atom. The summed E-state index contributed by atoms with van der Waals surface area (Å²) in [7, 11) is 0. The van der Waals surface area contributed by atoms with Crippen LogP contribution in [-0.2, 0) is 6.18 Å². The number of hydrogen-bond acceptors (Lipinski definition) is 4. The Morgan fingerprint density at radius 2 is 2.00 bits per heavy atom. The Bertz CT molecular complexity index is 930. The smallest absolute Gasteiger partial charge is 0.332 e. The van der Waals surface area contributed by atoms with Gasteiger partial charge in [-0.05, 0) is 32.0 Å². The molecule has 0 radical (unpaired) electrons. The van der Waals surface area contributed by atoms with Crippen LogP contribution in [0, 0.1) is 6.92 Å². The zero-order chi connectivity index (χ0) is 19.8. The molecule has 0 bridgehead atoms. The molecule has 28 heavy (non-hydrogen) atoms. The van der Waals surface area contributed by atoms with Crippen molar-refractivity contribution < 1.29 is 18.0 Å². The highest BCUT2D eigenvalue weighted by atomic mass is 35.5. The number of nitrogens with zero attached hydrogens (tertiary/aromatic N) is 3. The minimum absolute atomic E-state index is 0. The lowest BCUT2D eigenvalue weighted by Crippen LogP contribution is -2.53. The molecule has 1 aliphatic rings. The number of alkyl halides is 3. The van der Waals surface area contributed by atoms with Crippen molar-refractivity contribution in [2.45, 2.75) is 26.1 Å². The van der Waals surface area contributed by atoms with E-state index in [0.29, 0.717) is 25.3 Å². The maximum atomic E-state index is 13.0. The third-order valence-electron chi connectivity index (χ3n) is 4.49. The van der Waals surface area contributed by atoms with Crippen molar-refractivity contribution in [1.82, 2.24) is 20.0 Å². The topological polar surface area (TPSA) is 67.2 Å². The maximum Gasteiger partial charge on any atom is 0.416 e. The van der Waals surface area contributed by atoms with Crippen molar-refractivity contribution in [1.29, 1.82) is 0 Å². The second-order valence-electron chi connectivity index (χ2n) is 6.51. The predicted molar refractivity (Wildman–Crippen MR) is 100 cm³/mol. The molecule has 1 amide bonds. The highest BCUT2D eigenvalue weighted by Crippen LogP contribution is 2.30. The molecule has 152 valence electrons. The van der Waals surface area contributed by atoms with Crippen LogP contribution in [0.25, 0.3) is 5.69 Å². The van der Waals surface area contributed by atoms with E-state index in [1.807, 2.05) is 6.92 Å². The number of carbonyl (C=O) groups excluding carboxylic acids is 1. The highest BCUT2D eigenvalue weighted by Gasteiger charge is 2.31. The molecule has 1 N–H and O–H groups in total. The van der Waals surface area contributed by atoms with Crippen molar-refractivity contribution in [3.05, 3.63) is 57.5 Å². The molecule has 0 aliphatic carbocycles. The van der Waals surface area contributed by atoms with Gasteiger partial charge < -0.3 is 10.2 Å². The van der Waals surface area contributed by atoms with E-state index in [1.54, 1.807) is 11.8 Å². The number of rotatable bonds is 2. The number of nitrogens with one attached hydrogen (secondary N) is 1. The van der Waals surface area contributed by atoms with E-state index in [0.717, 1.165) is 12.1 Å². The van der Waals surface area contributed by atoms with Crippen molar-refractivity contribution in [3.63, 3.8) is 0 Å². The maximum absolute atomic E-state index is 13.0. The molecule has 1 atom stereocenters. The molecular formula is C18H20ClF3N4O2. The third kappa shape index (κ3) is 4.36. The molecule has 0 saturated carbocycles. The number of halogens is 4. The van der Waals surface area contributed by atoms with Crippen LogP contribution in [0.2, 0.25) is 0 Å². The van der Waals surface area contributed by atoms with Gasteiger partial charge in [0, 0.05) is 37.4 Å². The molecule has 2 heterocycles. The molecular weight excluding hydrogens is 397 g/mol. The monoisotopic (exact) mass is 416 g/mol. The largest absolute Gasteiger partial charge is 0.416 e. The van der Waals surface area contributed by atoms with Crippen LogP contribution in [-0.4, -0.2) is 46.3 Å². The van der Waals surface area contributed by atoms with E-state index < -0.39 is 23.1 Å². The Kier molecular flexibility index (Phi) is 6.51. The summed E-state index contributed by atoms with van der Waals surface area (Å²) < 4.78 is 40.2. The van der Waals surface area contributed by atoms with Gasteiger partial charge in [-0.25, -0.2) is 4.68 Å². The van der Waals surface area contributed by atoms with E-state index in [4.69, 9.17) is 0 Å². The van der Waals surface area contributed by atoms with Gasteiger partial charge in [0.2, 0.25) is 5.43 Å². The first-order valence-corrected chi connectivity index (χ1v) is 8.49. The second kappa shape index (κ2) is 8.32. The van der Waals surface area contributed by atoms with E-state index in [-0.39, 0.29) is 29.8 Å². The van der Waals surface area contributed by atoms with Gasteiger partial charge in [0.1, 0.15) is 0 Å². The van der Waals surface area contributed by atoms with Gasteiger partial charge in [-0.15, -0.1) is 12.4 Å². The van der Waals surface area contributed by atoms with E-state index in [1.165, 1.54) is 22.9 Å². The zero-order valence-corrected chi connectivity index (χ0v) is 16.1. The summed E-state index contributed by atoms with van der Waals surface area (Å²) in [6.07, 6.45) is -4.50. The van der Waals surface area contributed by atoms with Gasteiger partial charge in [0.25, 0.3) is 5.91 Å².